The molecule has 0 aliphatic rings. The maximum atomic E-state index is 12.9. The highest BCUT2D eigenvalue weighted by Gasteiger charge is 2.36. The summed E-state index contributed by atoms with van der Waals surface area (Å²) < 4.78 is 39.4. The summed E-state index contributed by atoms with van der Waals surface area (Å²) >= 11 is 0. The Morgan fingerprint density at radius 3 is 2.38 bits per heavy atom. The molecule has 0 saturated heterocycles. The van der Waals surface area contributed by atoms with Gasteiger partial charge in [-0.25, -0.2) is 9.75 Å². The van der Waals surface area contributed by atoms with Crippen LogP contribution in [0.15, 0.2) is 30.3 Å². The Labute approximate surface area is 133 Å². The number of benzene rings is 1. The van der Waals surface area contributed by atoms with Crippen LogP contribution < -0.4 is 0 Å². The van der Waals surface area contributed by atoms with E-state index in [0.29, 0.717) is 6.07 Å². The molecule has 0 saturated carbocycles. The Balaban J connectivity index is 2.56. The Hall–Kier alpha value is -2.95. The predicted molar refractivity (Wildman–Crippen MR) is 74.3 cm³/mol. The Morgan fingerprint density at radius 1 is 1.33 bits per heavy atom. The number of carbonyl (C=O) groups is 1. The van der Waals surface area contributed by atoms with Crippen LogP contribution in [0.25, 0.3) is 5.69 Å². The average Bonchev–Trinajstić information content (AvgIpc) is 2.98. The van der Waals surface area contributed by atoms with Crippen LogP contribution in [0.1, 0.15) is 16.2 Å². The van der Waals surface area contributed by atoms with Gasteiger partial charge in [0.1, 0.15) is 5.69 Å². The van der Waals surface area contributed by atoms with Gasteiger partial charge in [0, 0.05) is 25.2 Å². The zero-order valence-electron chi connectivity index (χ0n) is 12.4. The molecule has 0 aliphatic heterocycles. The molecule has 0 unspecified atom stereocenters. The Kier molecular flexibility index (Phi) is 4.55. The lowest BCUT2D eigenvalue weighted by Gasteiger charge is -2.14. The summed E-state index contributed by atoms with van der Waals surface area (Å²) in [6, 6.07) is 5.15. The fraction of sp³-hybridized carbons (Fsp3) is 0.231. The maximum Gasteiger partial charge on any atom is 0.435 e. The molecule has 1 aromatic heterocycles. The number of nitrogens with zero attached hydrogens (tertiary/aromatic N) is 4. The SMILES string of the molecule is CON(C)C(=O)c1cc(C(F)(F)F)nn1-c1ccc([N+](=O)[O-])cc1. The van der Waals surface area contributed by atoms with Crippen LogP contribution >= 0.6 is 0 Å². The fourth-order valence-electron chi connectivity index (χ4n) is 1.83. The van der Waals surface area contributed by atoms with Crippen molar-refractivity contribution >= 4 is 11.6 Å². The molecule has 2 rings (SSSR count). The first-order chi connectivity index (χ1) is 11.1. The lowest BCUT2D eigenvalue weighted by Crippen LogP contribution is -2.27. The molecule has 0 bridgehead atoms. The van der Waals surface area contributed by atoms with Crippen molar-refractivity contribution in [1.29, 1.82) is 0 Å². The first kappa shape index (κ1) is 17.4. The second-order valence-electron chi connectivity index (χ2n) is 4.58. The molecule has 128 valence electrons. The van der Waals surface area contributed by atoms with Gasteiger partial charge in [-0.3, -0.25) is 19.7 Å². The van der Waals surface area contributed by atoms with Crippen LogP contribution in [-0.2, 0) is 11.0 Å². The molecule has 0 aliphatic carbocycles. The summed E-state index contributed by atoms with van der Waals surface area (Å²) in [6.07, 6.45) is -4.76. The number of rotatable bonds is 4. The molecule has 0 atom stereocenters. The number of hydroxylamine groups is 2. The second-order valence-corrected chi connectivity index (χ2v) is 4.58. The number of aromatic nitrogens is 2. The quantitative estimate of drug-likeness (QED) is 0.628. The van der Waals surface area contributed by atoms with Gasteiger partial charge in [-0.2, -0.15) is 18.3 Å². The Morgan fingerprint density at radius 2 is 1.92 bits per heavy atom. The monoisotopic (exact) mass is 344 g/mol. The van der Waals surface area contributed by atoms with Gasteiger partial charge in [-0.15, -0.1) is 0 Å². The van der Waals surface area contributed by atoms with Crippen molar-refractivity contribution in [2.45, 2.75) is 6.18 Å². The van der Waals surface area contributed by atoms with E-state index in [1.807, 2.05) is 0 Å². The zero-order valence-corrected chi connectivity index (χ0v) is 12.4. The van der Waals surface area contributed by atoms with Gasteiger partial charge >= 0.3 is 6.18 Å². The molecular formula is C13H11F3N4O4. The standard InChI is InChI=1S/C13H11F3N4O4/c1-18(24-2)12(21)10-7-11(13(14,15)16)17-19(10)8-3-5-9(6-4-8)20(22)23/h3-7H,1-2H3. The predicted octanol–water partition coefficient (Wildman–Crippen LogP) is 2.43. The number of nitro benzene ring substituents is 1. The van der Waals surface area contributed by atoms with Crippen LogP contribution in [0.4, 0.5) is 18.9 Å². The number of nitro groups is 1. The third-order valence-corrected chi connectivity index (χ3v) is 3.08. The minimum Gasteiger partial charge on any atom is -0.274 e. The third kappa shape index (κ3) is 3.35. The van der Waals surface area contributed by atoms with Gasteiger partial charge in [-0.05, 0) is 12.1 Å². The van der Waals surface area contributed by atoms with Crippen LogP contribution in [0, 0.1) is 10.1 Å². The summed E-state index contributed by atoms with van der Waals surface area (Å²) in [4.78, 5) is 26.8. The minimum atomic E-state index is -4.76. The molecule has 2 aromatic rings. The molecule has 24 heavy (non-hydrogen) atoms. The van der Waals surface area contributed by atoms with E-state index in [1.165, 1.54) is 26.3 Å². The summed E-state index contributed by atoms with van der Waals surface area (Å²) in [7, 11) is 2.40. The van der Waals surface area contributed by atoms with Crippen molar-refractivity contribution in [2.75, 3.05) is 14.2 Å². The topological polar surface area (TPSA) is 90.5 Å². The van der Waals surface area contributed by atoms with Crippen LogP contribution in [0.5, 0.6) is 0 Å². The smallest absolute Gasteiger partial charge is 0.274 e. The molecule has 0 fully saturated rings. The number of halogens is 3. The summed E-state index contributed by atoms with van der Waals surface area (Å²) in [6.45, 7) is 0. The lowest BCUT2D eigenvalue weighted by molar-refractivity contribution is -0.384. The maximum absolute atomic E-state index is 12.9. The van der Waals surface area contributed by atoms with Crippen molar-refractivity contribution in [1.82, 2.24) is 14.8 Å². The van der Waals surface area contributed by atoms with E-state index in [1.54, 1.807) is 0 Å². The van der Waals surface area contributed by atoms with E-state index in [4.69, 9.17) is 0 Å². The third-order valence-electron chi connectivity index (χ3n) is 3.08. The number of carbonyl (C=O) groups excluding carboxylic acids is 1. The molecule has 11 heteroatoms. The summed E-state index contributed by atoms with van der Waals surface area (Å²) in [5.41, 5.74) is -1.86. The second kappa shape index (κ2) is 6.28. The van der Waals surface area contributed by atoms with Crippen molar-refractivity contribution in [2.24, 2.45) is 0 Å². The minimum absolute atomic E-state index is 0.0592. The largest absolute Gasteiger partial charge is 0.435 e. The highest BCUT2D eigenvalue weighted by molar-refractivity contribution is 5.92. The van der Waals surface area contributed by atoms with E-state index in [2.05, 4.69) is 9.94 Å². The fourth-order valence-corrected chi connectivity index (χ4v) is 1.83. The Bertz CT molecular complexity index is 771. The molecule has 8 nitrogen and oxygen atoms in total. The summed E-state index contributed by atoms with van der Waals surface area (Å²) in [5, 5.41) is 14.8. The normalized spacial score (nSPS) is 11.4. The van der Waals surface area contributed by atoms with Gasteiger partial charge in [0.05, 0.1) is 17.7 Å². The highest BCUT2D eigenvalue weighted by Crippen LogP contribution is 2.30. The van der Waals surface area contributed by atoms with E-state index in [-0.39, 0.29) is 11.4 Å². The van der Waals surface area contributed by atoms with E-state index in [9.17, 15) is 28.1 Å². The zero-order chi connectivity index (χ0) is 18.1. The number of non-ortho nitro benzene ring substituents is 1. The first-order valence-corrected chi connectivity index (χ1v) is 6.39. The highest BCUT2D eigenvalue weighted by atomic mass is 19.4. The van der Waals surface area contributed by atoms with E-state index >= 15 is 0 Å². The molecular weight excluding hydrogens is 333 g/mol. The number of hydrogen-bond donors (Lipinski definition) is 0. The van der Waals surface area contributed by atoms with Crippen molar-refractivity contribution in [3.63, 3.8) is 0 Å². The number of amides is 1. The van der Waals surface area contributed by atoms with Gasteiger partial charge in [0.25, 0.3) is 11.6 Å². The van der Waals surface area contributed by atoms with Crippen molar-refractivity contribution in [3.8, 4) is 5.69 Å². The lowest BCUT2D eigenvalue weighted by atomic mass is 10.2. The average molecular weight is 344 g/mol. The van der Waals surface area contributed by atoms with Crippen LogP contribution in [-0.4, -0.2) is 39.8 Å². The van der Waals surface area contributed by atoms with Gasteiger partial charge in [0.15, 0.2) is 5.69 Å². The van der Waals surface area contributed by atoms with E-state index in [0.717, 1.165) is 21.9 Å². The van der Waals surface area contributed by atoms with Gasteiger partial charge in [0.2, 0.25) is 0 Å². The first-order valence-electron chi connectivity index (χ1n) is 6.39. The summed E-state index contributed by atoms with van der Waals surface area (Å²) in [5.74, 6) is -0.862. The molecule has 1 aromatic carbocycles. The van der Waals surface area contributed by atoms with Crippen LogP contribution in [0.2, 0.25) is 0 Å². The molecule has 0 N–H and O–H groups in total. The van der Waals surface area contributed by atoms with Crippen molar-refractivity contribution < 1.29 is 27.7 Å². The number of hydrogen-bond acceptors (Lipinski definition) is 5. The van der Waals surface area contributed by atoms with Gasteiger partial charge < -0.3 is 0 Å². The molecule has 0 radical (unpaired) electrons. The molecule has 1 amide bonds. The molecule has 0 spiro atoms. The van der Waals surface area contributed by atoms with E-state index < -0.39 is 28.4 Å². The van der Waals surface area contributed by atoms with Crippen LogP contribution in [0.3, 0.4) is 0 Å². The number of alkyl halides is 3. The molecule has 1 heterocycles. The van der Waals surface area contributed by atoms with Gasteiger partial charge in [-0.1, -0.05) is 0 Å². The van der Waals surface area contributed by atoms with Crippen molar-refractivity contribution in [3.05, 3.63) is 51.8 Å².